The lowest BCUT2D eigenvalue weighted by Gasteiger charge is -2.32. The Balaban J connectivity index is 0.00000225. The van der Waals surface area contributed by atoms with Crippen molar-refractivity contribution in [2.45, 2.75) is 19.0 Å². The lowest BCUT2D eigenvalue weighted by Crippen LogP contribution is -2.46. The van der Waals surface area contributed by atoms with Crippen LogP contribution in [0.2, 0.25) is 0 Å². The number of methoxy groups -OCH3 is 1. The molecule has 1 aromatic carbocycles. The van der Waals surface area contributed by atoms with Gasteiger partial charge in [0.25, 0.3) is 0 Å². The first-order valence-corrected chi connectivity index (χ1v) is 8.70. The SMILES string of the molecule is CN=C(NCc1cccc(OC)c1)N1CCC(N2CCOCC2)C1.I. The molecule has 1 aromatic rings. The minimum Gasteiger partial charge on any atom is -0.497 e. The van der Waals surface area contributed by atoms with Crippen LogP contribution in [0.15, 0.2) is 29.3 Å². The number of nitrogens with one attached hydrogen (secondary N) is 1. The van der Waals surface area contributed by atoms with Crippen molar-refractivity contribution in [3.05, 3.63) is 29.8 Å². The van der Waals surface area contributed by atoms with E-state index in [1.165, 1.54) is 12.0 Å². The van der Waals surface area contributed by atoms with Crippen LogP contribution in [0.1, 0.15) is 12.0 Å². The number of rotatable bonds is 4. The zero-order valence-electron chi connectivity index (χ0n) is 15.1. The number of hydrogen-bond acceptors (Lipinski definition) is 4. The predicted molar refractivity (Wildman–Crippen MR) is 111 cm³/mol. The number of benzene rings is 1. The molecular formula is C18H29IN4O2. The highest BCUT2D eigenvalue weighted by molar-refractivity contribution is 14.0. The summed E-state index contributed by atoms with van der Waals surface area (Å²) in [7, 11) is 3.55. The Kier molecular flexibility index (Phi) is 8.25. The molecule has 25 heavy (non-hydrogen) atoms. The van der Waals surface area contributed by atoms with Crippen LogP contribution in [0.4, 0.5) is 0 Å². The molecule has 3 rings (SSSR count). The van der Waals surface area contributed by atoms with Gasteiger partial charge in [0.15, 0.2) is 5.96 Å². The van der Waals surface area contributed by atoms with Crippen LogP contribution < -0.4 is 10.1 Å². The van der Waals surface area contributed by atoms with Crippen LogP contribution in [-0.2, 0) is 11.3 Å². The first kappa shape index (κ1) is 20.3. The normalized spacial score (nSPS) is 21.8. The van der Waals surface area contributed by atoms with E-state index < -0.39 is 0 Å². The minimum atomic E-state index is 0. The highest BCUT2D eigenvalue weighted by Crippen LogP contribution is 2.17. The predicted octanol–water partition coefficient (Wildman–Crippen LogP) is 1.80. The Morgan fingerprint density at radius 1 is 1.32 bits per heavy atom. The minimum absolute atomic E-state index is 0. The van der Waals surface area contributed by atoms with Crippen molar-refractivity contribution in [3.8, 4) is 5.75 Å². The van der Waals surface area contributed by atoms with Gasteiger partial charge in [-0.2, -0.15) is 0 Å². The van der Waals surface area contributed by atoms with Gasteiger partial charge in [-0.15, -0.1) is 24.0 Å². The molecule has 0 spiro atoms. The van der Waals surface area contributed by atoms with E-state index in [1.54, 1.807) is 7.11 Å². The Morgan fingerprint density at radius 3 is 2.84 bits per heavy atom. The average molecular weight is 460 g/mol. The summed E-state index contributed by atoms with van der Waals surface area (Å²) in [6.07, 6.45) is 1.19. The van der Waals surface area contributed by atoms with Gasteiger partial charge in [-0.05, 0) is 24.1 Å². The maximum atomic E-state index is 5.46. The van der Waals surface area contributed by atoms with Gasteiger partial charge in [0.1, 0.15) is 5.75 Å². The molecule has 140 valence electrons. The molecule has 7 heteroatoms. The van der Waals surface area contributed by atoms with Crippen molar-refractivity contribution in [1.82, 2.24) is 15.1 Å². The van der Waals surface area contributed by atoms with Crippen molar-refractivity contribution in [3.63, 3.8) is 0 Å². The van der Waals surface area contributed by atoms with Crippen molar-refractivity contribution in [1.29, 1.82) is 0 Å². The van der Waals surface area contributed by atoms with Crippen LogP contribution in [0.5, 0.6) is 5.75 Å². The molecule has 0 saturated carbocycles. The number of halogens is 1. The standard InChI is InChI=1S/C18H28N4O2.HI/c1-19-18(20-13-15-4-3-5-17(12-15)23-2)22-7-6-16(14-22)21-8-10-24-11-9-21;/h3-5,12,16H,6-11,13-14H2,1-2H3,(H,19,20);1H. The lowest BCUT2D eigenvalue weighted by molar-refractivity contribution is 0.0195. The number of morpholine rings is 1. The van der Waals surface area contributed by atoms with E-state index >= 15 is 0 Å². The molecule has 0 radical (unpaired) electrons. The second-order valence-corrected chi connectivity index (χ2v) is 6.29. The molecule has 1 N–H and O–H groups in total. The number of aliphatic imine (C=N–C) groups is 1. The van der Waals surface area contributed by atoms with E-state index in [0.717, 1.165) is 57.6 Å². The monoisotopic (exact) mass is 460 g/mol. The fraction of sp³-hybridized carbons (Fsp3) is 0.611. The fourth-order valence-corrected chi connectivity index (χ4v) is 3.47. The Morgan fingerprint density at radius 2 is 2.12 bits per heavy atom. The van der Waals surface area contributed by atoms with Crippen LogP contribution in [0.25, 0.3) is 0 Å². The molecule has 2 saturated heterocycles. The van der Waals surface area contributed by atoms with E-state index in [4.69, 9.17) is 9.47 Å². The average Bonchev–Trinajstić information content (AvgIpc) is 3.13. The molecule has 1 unspecified atom stereocenters. The fourth-order valence-electron chi connectivity index (χ4n) is 3.47. The molecule has 6 nitrogen and oxygen atoms in total. The lowest BCUT2D eigenvalue weighted by atomic mass is 10.2. The van der Waals surface area contributed by atoms with E-state index in [1.807, 2.05) is 19.2 Å². The van der Waals surface area contributed by atoms with Crippen LogP contribution >= 0.6 is 24.0 Å². The molecule has 1 atom stereocenters. The van der Waals surface area contributed by atoms with Gasteiger partial charge in [0.2, 0.25) is 0 Å². The molecular weight excluding hydrogens is 431 g/mol. The van der Waals surface area contributed by atoms with Crippen LogP contribution in [0, 0.1) is 0 Å². The summed E-state index contributed by atoms with van der Waals surface area (Å²) in [6, 6.07) is 8.75. The molecule has 2 aliphatic rings. The third-order valence-electron chi connectivity index (χ3n) is 4.82. The molecule has 2 aliphatic heterocycles. The molecule has 2 heterocycles. The largest absolute Gasteiger partial charge is 0.497 e. The highest BCUT2D eigenvalue weighted by atomic mass is 127. The molecule has 0 aromatic heterocycles. The maximum absolute atomic E-state index is 5.46. The third kappa shape index (κ3) is 5.46. The summed E-state index contributed by atoms with van der Waals surface area (Å²) in [5, 5.41) is 3.48. The summed E-state index contributed by atoms with van der Waals surface area (Å²) in [5.41, 5.74) is 1.19. The van der Waals surface area contributed by atoms with Crippen molar-refractivity contribution < 1.29 is 9.47 Å². The summed E-state index contributed by atoms with van der Waals surface area (Å²) in [4.78, 5) is 9.38. The van der Waals surface area contributed by atoms with Crippen molar-refractivity contribution >= 4 is 29.9 Å². The number of nitrogens with zero attached hydrogens (tertiary/aromatic N) is 3. The highest BCUT2D eigenvalue weighted by Gasteiger charge is 2.30. The summed E-state index contributed by atoms with van der Waals surface area (Å²) < 4.78 is 10.7. The van der Waals surface area contributed by atoms with Crippen LogP contribution in [-0.4, -0.2) is 75.4 Å². The van der Waals surface area contributed by atoms with E-state index in [9.17, 15) is 0 Å². The number of ether oxygens (including phenoxy) is 2. The third-order valence-corrected chi connectivity index (χ3v) is 4.82. The van der Waals surface area contributed by atoms with Gasteiger partial charge in [-0.1, -0.05) is 12.1 Å². The molecule has 2 fully saturated rings. The quantitative estimate of drug-likeness (QED) is 0.422. The topological polar surface area (TPSA) is 49.3 Å². The second kappa shape index (κ2) is 10.2. The number of likely N-dealkylation sites (tertiary alicyclic amines) is 1. The Hall–Kier alpha value is -1.06. The van der Waals surface area contributed by atoms with Gasteiger partial charge < -0.3 is 19.7 Å². The smallest absolute Gasteiger partial charge is 0.193 e. The van der Waals surface area contributed by atoms with E-state index in [2.05, 4.69) is 32.2 Å². The van der Waals surface area contributed by atoms with Gasteiger partial charge >= 0.3 is 0 Å². The molecule has 0 amide bonds. The first-order valence-electron chi connectivity index (χ1n) is 8.70. The van der Waals surface area contributed by atoms with Gasteiger partial charge in [-0.3, -0.25) is 9.89 Å². The number of guanidine groups is 1. The van der Waals surface area contributed by atoms with E-state index in [-0.39, 0.29) is 24.0 Å². The maximum Gasteiger partial charge on any atom is 0.193 e. The van der Waals surface area contributed by atoms with Gasteiger partial charge in [-0.25, -0.2) is 0 Å². The van der Waals surface area contributed by atoms with Crippen molar-refractivity contribution in [2.24, 2.45) is 4.99 Å². The second-order valence-electron chi connectivity index (χ2n) is 6.29. The van der Waals surface area contributed by atoms with Gasteiger partial charge in [0.05, 0.1) is 20.3 Å². The number of hydrogen-bond donors (Lipinski definition) is 1. The van der Waals surface area contributed by atoms with E-state index in [0.29, 0.717) is 6.04 Å². The van der Waals surface area contributed by atoms with Crippen LogP contribution in [0.3, 0.4) is 0 Å². The molecule has 0 bridgehead atoms. The Bertz CT molecular complexity index is 564. The van der Waals surface area contributed by atoms with Gasteiger partial charge in [0, 0.05) is 45.8 Å². The molecule has 0 aliphatic carbocycles. The summed E-state index contributed by atoms with van der Waals surface area (Å²) in [6.45, 7) is 6.67. The first-order chi connectivity index (χ1) is 11.8. The summed E-state index contributed by atoms with van der Waals surface area (Å²) in [5.74, 6) is 1.87. The zero-order valence-corrected chi connectivity index (χ0v) is 17.4. The Labute approximate surface area is 167 Å². The summed E-state index contributed by atoms with van der Waals surface area (Å²) >= 11 is 0. The van der Waals surface area contributed by atoms with Crippen molar-refractivity contribution in [2.75, 3.05) is 53.6 Å². The zero-order chi connectivity index (χ0) is 16.8.